The third kappa shape index (κ3) is 2.75. The minimum Gasteiger partial charge on any atom is -0.435 e. The lowest BCUT2D eigenvalue weighted by Crippen LogP contribution is -2.34. The fourth-order valence-corrected chi connectivity index (χ4v) is 0.926. The third-order valence-electron chi connectivity index (χ3n) is 1.61. The van der Waals surface area contributed by atoms with Crippen LogP contribution in [0.4, 0.5) is 4.79 Å². The van der Waals surface area contributed by atoms with Crippen LogP contribution in [0.1, 0.15) is 13.8 Å². The van der Waals surface area contributed by atoms with Crippen molar-refractivity contribution >= 4 is 6.16 Å². The second-order valence-corrected chi connectivity index (χ2v) is 2.82. The maximum Gasteiger partial charge on any atom is 0.510 e. The molecule has 0 saturated heterocycles. The van der Waals surface area contributed by atoms with Crippen LogP contribution < -0.4 is 0 Å². The zero-order valence-electron chi connectivity index (χ0n) is 8.51. The lowest BCUT2D eigenvalue weighted by atomic mass is 10.6. The van der Waals surface area contributed by atoms with Crippen molar-refractivity contribution in [1.29, 1.82) is 0 Å². The molecule has 0 aromatic rings. The minimum atomic E-state index is -0.690. The van der Waals surface area contributed by atoms with Crippen molar-refractivity contribution in [3.8, 4) is 0 Å². The van der Waals surface area contributed by atoms with Crippen LogP contribution in [-0.4, -0.2) is 42.7 Å². The van der Waals surface area contributed by atoms with Crippen LogP contribution in [0.5, 0.6) is 0 Å². The van der Waals surface area contributed by atoms with Gasteiger partial charge in [-0.1, -0.05) is 5.22 Å². The van der Waals surface area contributed by atoms with Gasteiger partial charge in [-0.25, -0.2) is 9.80 Å². The molecule has 1 unspecified atom stereocenters. The van der Waals surface area contributed by atoms with Gasteiger partial charge in [-0.2, -0.15) is 0 Å². The first-order valence-corrected chi connectivity index (χ1v) is 4.36. The highest BCUT2D eigenvalue weighted by molar-refractivity contribution is 5.59. The first-order valence-electron chi connectivity index (χ1n) is 4.36. The summed E-state index contributed by atoms with van der Waals surface area (Å²) in [4.78, 5) is 10.9. The van der Waals surface area contributed by atoms with Crippen molar-refractivity contribution in [3.63, 3.8) is 0 Å². The summed E-state index contributed by atoms with van der Waals surface area (Å²) in [5.41, 5.74) is 0. The van der Waals surface area contributed by atoms with Crippen molar-refractivity contribution < 1.29 is 14.3 Å². The molecular formula is C7H14N4O3. The summed E-state index contributed by atoms with van der Waals surface area (Å²) in [6.45, 7) is 4.22. The number of rotatable bonds is 3. The first-order chi connectivity index (χ1) is 6.63. The van der Waals surface area contributed by atoms with Crippen LogP contribution >= 0.6 is 0 Å². The van der Waals surface area contributed by atoms with Crippen LogP contribution in [0.3, 0.4) is 0 Å². The Morgan fingerprint density at radius 2 is 2.29 bits per heavy atom. The van der Waals surface area contributed by atoms with Gasteiger partial charge in [-0.15, -0.1) is 0 Å². The van der Waals surface area contributed by atoms with Crippen LogP contribution in [0.2, 0.25) is 0 Å². The highest BCUT2D eigenvalue weighted by Gasteiger charge is 2.21. The van der Waals surface area contributed by atoms with E-state index in [1.54, 1.807) is 25.9 Å². The summed E-state index contributed by atoms with van der Waals surface area (Å²) in [5, 5.41) is 10.7. The molecule has 1 atom stereocenters. The van der Waals surface area contributed by atoms with E-state index in [0.717, 1.165) is 0 Å². The molecule has 7 nitrogen and oxygen atoms in total. The van der Waals surface area contributed by atoms with Gasteiger partial charge in [0.25, 0.3) is 0 Å². The fraction of sp³-hybridized carbons (Fsp3) is 0.857. The fourth-order valence-electron chi connectivity index (χ4n) is 0.926. The Balaban J connectivity index is 2.31. The van der Waals surface area contributed by atoms with Gasteiger partial charge in [0.05, 0.1) is 6.61 Å². The molecule has 0 fully saturated rings. The van der Waals surface area contributed by atoms with E-state index in [9.17, 15) is 4.79 Å². The first kappa shape index (κ1) is 10.6. The van der Waals surface area contributed by atoms with E-state index in [0.29, 0.717) is 13.3 Å². The molecule has 0 aromatic carbocycles. The molecule has 14 heavy (non-hydrogen) atoms. The molecule has 0 saturated carbocycles. The Hall–Kier alpha value is -1.53. The van der Waals surface area contributed by atoms with Crippen LogP contribution in [0, 0.1) is 0 Å². The smallest absolute Gasteiger partial charge is 0.435 e. The van der Waals surface area contributed by atoms with E-state index in [1.165, 1.54) is 5.01 Å². The highest BCUT2D eigenvalue weighted by Crippen LogP contribution is 2.10. The molecule has 0 spiro atoms. The van der Waals surface area contributed by atoms with Crippen LogP contribution in [0.15, 0.2) is 10.4 Å². The molecule has 0 N–H and O–H groups in total. The van der Waals surface area contributed by atoms with Crippen molar-refractivity contribution in [2.45, 2.75) is 20.1 Å². The van der Waals surface area contributed by atoms with Gasteiger partial charge in [0.2, 0.25) is 0 Å². The van der Waals surface area contributed by atoms with Gasteiger partial charge in [0.15, 0.2) is 6.23 Å². The topological polar surface area (TPSA) is 66.7 Å². The average molecular weight is 202 g/mol. The Kier molecular flexibility index (Phi) is 3.49. The summed E-state index contributed by atoms with van der Waals surface area (Å²) in [6.07, 6.45) is -1.16. The Bertz CT molecular complexity index is 233. The van der Waals surface area contributed by atoms with Crippen molar-refractivity contribution in [2.75, 3.05) is 20.3 Å². The van der Waals surface area contributed by atoms with Gasteiger partial charge < -0.3 is 9.47 Å². The van der Waals surface area contributed by atoms with Crippen LogP contribution in [0.25, 0.3) is 0 Å². The van der Waals surface area contributed by atoms with E-state index in [2.05, 4.69) is 15.2 Å². The van der Waals surface area contributed by atoms with E-state index < -0.39 is 12.4 Å². The molecule has 1 aliphatic rings. The molecule has 0 aliphatic carbocycles. The molecule has 7 heteroatoms. The second kappa shape index (κ2) is 4.64. The van der Waals surface area contributed by atoms with Gasteiger partial charge >= 0.3 is 6.16 Å². The number of hydrogen-bond donors (Lipinski definition) is 0. The Morgan fingerprint density at radius 3 is 2.79 bits per heavy atom. The summed E-state index contributed by atoms with van der Waals surface area (Å²) >= 11 is 0. The molecule has 1 heterocycles. The number of carbonyl (C=O) groups is 1. The van der Waals surface area contributed by atoms with Crippen molar-refractivity contribution in [1.82, 2.24) is 10.0 Å². The summed E-state index contributed by atoms with van der Waals surface area (Å²) in [6, 6.07) is 0. The molecule has 0 amide bonds. The predicted octanol–water partition coefficient (Wildman–Crippen LogP) is 0.993. The monoisotopic (exact) mass is 202 g/mol. The number of carbonyl (C=O) groups excluding carboxylic acids is 1. The normalized spacial score (nSPS) is 17.1. The maximum atomic E-state index is 10.9. The lowest BCUT2D eigenvalue weighted by molar-refractivity contribution is -0.0394. The van der Waals surface area contributed by atoms with Gasteiger partial charge in [0.1, 0.15) is 6.67 Å². The maximum absolute atomic E-state index is 10.9. The minimum absolute atomic E-state index is 0.299. The van der Waals surface area contributed by atoms with Crippen molar-refractivity contribution in [3.05, 3.63) is 0 Å². The predicted molar refractivity (Wildman–Crippen MR) is 46.9 cm³/mol. The lowest BCUT2D eigenvalue weighted by Gasteiger charge is -2.20. The number of ether oxygens (including phenoxy) is 2. The molecule has 80 valence electrons. The standard InChI is InChI=1S/C7H14N4O3/c1-4-13-7(12)14-6(2)11-5-10(3)8-9-11/h6H,4-5H2,1-3H3. The van der Waals surface area contributed by atoms with E-state index in [-0.39, 0.29) is 0 Å². The number of nitrogens with zero attached hydrogens (tertiary/aromatic N) is 4. The van der Waals surface area contributed by atoms with Crippen LogP contribution in [-0.2, 0) is 9.47 Å². The van der Waals surface area contributed by atoms with E-state index in [4.69, 9.17) is 4.74 Å². The van der Waals surface area contributed by atoms with Gasteiger partial charge in [0, 0.05) is 7.05 Å². The largest absolute Gasteiger partial charge is 0.510 e. The summed E-state index contributed by atoms with van der Waals surface area (Å²) in [7, 11) is 1.78. The Morgan fingerprint density at radius 1 is 1.57 bits per heavy atom. The average Bonchev–Trinajstić information content (AvgIpc) is 2.52. The SMILES string of the molecule is CCOC(=O)OC(C)N1CN(C)N=N1. The molecule has 0 bridgehead atoms. The second-order valence-electron chi connectivity index (χ2n) is 2.82. The molecular weight excluding hydrogens is 188 g/mol. The third-order valence-corrected chi connectivity index (χ3v) is 1.61. The summed E-state index contributed by atoms with van der Waals surface area (Å²) in [5.74, 6) is 0. The number of hydrogen-bond acceptors (Lipinski definition) is 7. The highest BCUT2D eigenvalue weighted by atomic mass is 16.7. The summed E-state index contributed by atoms with van der Waals surface area (Å²) < 4.78 is 9.53. The van der Waals surface area contributed by atoms with Gasteiger partial charge in [-0.3, -0.25) is 5.01 Å². The van der Waals surface area contributed by atoms with E-state index in [1.807, 2.05) is 0 Å². The van der Waals surface area contributed by atoms with Gasteiger partial charge in [-0.05, 0) is 19.1 Å². The van der Waals surface area contributed by atoms with E-state index >= 15 is 0 Å². The zero-order chi connectivity index (χ0) is 10.6. The molecule has 1 aliphatic heterocycles. The molecule has 1 rings (SSSR count). The van der Waals surface area contributed by atoms with Crippen molar-refractivity contribution in [2.24, 2.45) is 10.4 Å². The zero-order valence-corrected chi connectivity index (χ0v) is 8.51. The molecule has 0 aromatic heterocycles. The Labute approximate surface area is 82.2 Å². The quantitative estimate of drug-likeness (QED) is 0.638. The molecule has 0 radical (unpaired) electrons.